The Labute approximate surface area is 95.5 Å². The largest absolute Gasteiger partial charge is 0.395 e. The van der Waals surface area contributed by atoms with Crippen LogP contribution >= 0.6 is 11.8 Å². The van der Waals surface area contributed by atoms with Crippen molar-refractivity contribution in [1.29, 1.82) is 0 Å². The summed E-state index contributed by atoms with van der Waals surface area (Å²) < 4.78 is 0. The van der Waals surface area contributed by atoms with Crippen molar-refractivity contribution >= 4 is 17.7 Å². The van der Waals surface area contributed by atoms with Gasteiger partial charge in [-0.05, 0) is 13.2 Å². The van der Waals surface area contributed by atoms with Crippen molar-refractivity contribution in [3.8, 4) is 0 Å². The Morgan fingerprint density at radius 2 is 2.33 bits per heavy atom. The lowest BCUT2D eigenvalue weighted by Crippen LogP contribution is -2.44. The quantitative estimate of drug-likeness (QED) is 0.407. The van der Waals surface area contributed by atoms with Crippen molar-refractivity contribution in [3.63, 3.8) is 0 Å². The fraction of sp³-hybridized carbons (Fsp3) is 0.700. The third-order valence-corrected chi connectivity index (χ3v) is 3.17. The summed E-state index contributed by atoms with van der Waals surface area (Å²) >= 11 is 1.55. The molecule has 5 heteroatoms. The first kappa shape index (κ1) is 14.5. The van der Waals surface area contributed by atoms with Crippen LogP contribution in [-0.2, 0) is 4.79 Å². The summed E-state index contributed by atoms with van der Waals surface area (Å²) in [6.07, 6.45) is 3.62. The van der Waals surface area contributed by atoms with Gasteiger partial charge in [-0.15, -0.1) is 6.58 Å². The number of hydrogen-bond acceptors (Lipinski definition) is 4. The second kappa shape index (κ2) is 8.76. The minimum Gasteiger partial charge on any atom is -0.395 e. The zero-order valence-corrected chi connectivity index (χ0v) is 10.1. The van der Waals surface area contributed by atoms with Crippen LogP contribution in [0.15, 0.2) is 12.7 Å². The average Bonchev–Trinajstić information content (AvgIpc) is 2.20. The van der Waals surface area contributed by atoms with Gasteiger partial charge in [0.2, 0.25) is 5.91 Å². The molecule has 0 rings (SSSR count). The van der Waals surface area contributed by atoms with Crippen LogP contribution in [0, 0.1) is 0 Å². The van der Waals surface area contributed by atoms with E-state index in [1.807, 2.05) is 13.2 Å². The highest BCUT2D eigenvalue weighted by molar-refractivity contribution is 7.99. The summed E-state index contributed by atoms with van der Waals surface area (Å²) in [7, 11) is 0. The molecule has 0 heterocycles. The third-order valence-electron chi connectivity index (χ3n) is 2.00. The molecule has 0 bridgehead atoms. The molecule has 0 aromatic heterocycles. The molecule has 0 aliphatic rings. The van der Waals surface area contributed by atoms with Crippen LogP contribution in [0.5, 0.6) is 0 Å². The molecular formula is C10H20N2O2S. The Hall–Kier alpha value is -0.520. The van der Waals surface area contributed by atoms with Gasteiger partial charge in [0.1, 0.15) is 0 Å². The summed E-state index contributed by atoms with van der Waals surface area (Å²) in [6.45, 7) is 6.41. The van der Waals surface area contributed by atoms with E-state index >= 15 is 0 Å². The molecular weight excluding hydrogens is 212 g/mol. The second-order valence-electron chi connectivity index (χ2n) is 3.23. The number of hydrogen-bond donors (Lipinski definition) is 3. The summed E-state index contributed by atoms with van der Waals surface area (Å²) in [5, 5.41) is 14.8. The van der Waals surface area contributed by atoms with Crippen LogP contribution in [0.25, 0.3) is 0 Å². The average molecular weight is 232 g/mol. The predicted molar refractivity (Wildman–Crippen MR) is 65.1 cm³/mol. The summed E-state index contributed by atoms with van der Waals surface area (Å²) in [6, 6.07) is -0.0250. The summed E-state index contributed by atoms with van der Waals surface area (Å²) in [4.78, 5) is 11.4. The number of carbonyl (C=O) groups excluding carboxylic acids is 1. The SMILES string of the molecule is C=CCNCC(=O)NC(C)C(CO)SC. The van der Waals surface area contributed by atoms with Crippen LogP contribution in [0.1, 0.15) is 6.92 Å². The van der Waals surface area contributed by atoms with Crippen molar-refractivity contribution in [2.24, 2.45) is 0 Å². The molecule has 0 fully saturated rings. The van der Waals surface area contributed by atoms with Crippen molar-refractivity contribution in [2.75, 3.05) is 26.0 Å². The van der Waals surface area contributed by atoms with Gasteiger partial charge < -0.3 is 15.7 Å². The van der Waals surface area contributed by atoms with Gasteiger partial charge in [0.15, 0.2) is 0 Å². The molecule has 15 heavy (non-hydrogen) atoms. The molecule has 0 saturated heterocycles. The van der Waals surface area contributed by atoms with E-state index in [0.29, 0.717) is 6.54 Å². The Morgan fingerprint density at radius 1 is 1.67 bits per heavy atom. The monoisotopic (exact) mass is 232 g/mol. The van der Waals surface area contributed by atoms with E-state index < -0.39 is 0 Å². The highest BCUT2D eigenvalue weighted by atomic mass is 32.2. The summed E-state index contributed by atoms with van der Waals surface area (Å²) in [5.74, 6) is -0.0585. The van der Waals surface area contributed by atoms with E-state index in [0.717, 1.165) is 0 Å². The lowest BCUT2D eigenvalue weighted by Gasteiger charge is -2.21. The molecule has 0 radical (unpaired) electrons. The number of carbonyl (C=O) groups is 1. The predicted octanol–water partition coefficient (Wildman–Crippen LogP) is -0.00940. The fourth-order valence-corrected chi connectivity index (χ4v) is 1.75. The van der Waals surface area contributed by atoms with Gasteiger partial charge >= 0.3 is 0 Å². The van der Waals surface area contributed by atoms with Gasteiger partial charge in [-0.2, -0.15) is 11.8 Å². The lowest BCUT2D eigenvalue weighted by atomic mass is 10.2. The maximum Gasteiger partial charge on any atom is 0.234 e. The Kier molecular flexibility index (Phi) is 8.46. The highest BCUT2D eigenvalue weighted by Crippen LogP contribution is 2.09. The Balaban J connectivity index is 3.78. The van der Waals surface area contributed by atoms with Gasteiger partial charge in [0.05, 0.1) is 13.2 Å². The van der Waals surface area contributed by atoms with Crippen LogP contribution in [0.2, 0.25) is 0 Å². The summed E-state index contributed by atoms with van der Waals surface area (Å²) in [5.41, 5.74) is 0. The van der Waals surface area contributed by atoms with Crippen LogP contribution in [0.3, 0.4) is 0 Å². The minimum atomic E-state index is -0.0585. The topological polar surface area (TPSA) is 61.4 Å². The zero-order valence-electron chi connectivity index (χ0n) is 9.32. The van der Waals surface area contributed by atoms with Gasteiger partial charge in [0.25, 0.3) is 0 Å². The van der Waals surface area contributed by atoms with E-state index in [1.54, 1.807) is 17.8 Å². The first-order valence-electron chi connectivity index (χ1n) is 4.90. The molecule has 0 aromatic carbocycles. The first-order valence-corrected chi connectivity index (χ1v) is 6.19. The van der Waals surface area contributed by atoms with Crippen molar-refractivity contribution in [1.82, 2.24) is 10.6 Å². The normalized spacial score (nSPS) is 14.3. The maximum atomic E-state index is 11.4. The van der Waals surface area contributed by atoms with Gasteiger partial charge in [-0.25, -0.2) is 0 Å². The molecule has 3 N–H and O–H groups in total. The first-order chi connectivity index (χ1) is 7.15. The van der Waals surface area contributed by atoms with E-state index in [2.05, 4.69) is 17.2 Å². The molecule has 4 nitrogen and oxygen atoms in total. The zero-order chi connectivity index (χ0) is 11.7. The molecule has 0 spiro atoms. The van der Waals surface area contributed by atoms with Crippen LogP contribution in [0.4, 0.5) is 0 Å². The Bertz CT molecular complexity index is 196. The van der Waals surface area contributed by atoms with E-state index in [1.165, 1.54) is 0 Å². The Morgan fingerprint density at radius 3 is 2.80 bits per heavy atom. The maximum absolute atomic E-state index is 11.4. The smallest absolute Gasteiger partial charge is 0.234 e. The third kappa shape index (κ3) is 6.54. The molecule has 0 saturated carbocycles. The van der Waals surface area contributed by atoms with Crippen LogP contribution < -0.4 is 10.6 Å². The number of nitrogens with one attached hydrogen (secondary N) is 2. The second-order valence-corrected chi connectivity index (χ2v) is 4.31. The molecule has 88 valence electrons. The van der Waals surface area contributed by atoms with Gasteiger partial charge in [-0.1, -0.05) is 6.08 Å². The number of aliphatic hydroxyl groups excluding tert-OH is 1. The van der Waals surface area contributed by atoms with Crippen molar-refractivity contribution in [3.05, 3.63) is 12.7 Å². The van der Waals surface area contributed by atoms with Crippen molar-refractivity contribution < 1.29 is 9.90 Å². The molecule has 0 aliphatic heterocycles. The molecule has 2 unspecified atom stereocenters. The fourth-order valence-electron chi connectivity index (χ4n) is 1.12. The van der Waals surface area contributed by atoms with E-state index in [-0.39, 0.29) is 30.4 Å². The highest BCUT2D eigenvalue weighted by Gasteiger charge is 2.16. The van der Waals surface area contributed by atoms with Gasteiger partial charge in [0, 0.05) is 17.8 Å². The number of rotatable bonds is 8. The molecule has 0 aliphatic carbocycles. The standard InChI is InChI=1S/C10H20N2O2S/c1-4-5-11-6-10(14)12-8(2)9(7-13)15-3/h4,8-9,11,13H,1,5-7H2,2-3H3,(H,12,14). The number of aliphatic hydroxyl groups is 1. The molecule has 0 aromatic rings. The molecule has 2 atom stereocenters. The minimum absolute atomic E-state index is 0.0250. The lowest BCUT2D eigenvalue weighted by molar-refractivity contribution is -0.120. The van der Waals surface area contributed by atoms with Crippen molar-refractivity contribution in [2.45, 2.75) is 18.2 Å². The van der Waals surface area contributed by atoms with Crippen LogP contribution in [-0.4, -0.2) is 48.3 Å². The number of thioether (sulfide) groups is 1. The van der Waals surface area contributed by atoms with E-state index in [9.17, 15) is 4.79 Å². The number of amides is 1. The van der Waals surface area contributed by atoms with E-state index in [4.69, 9.17) is 5.11 Å². The van der Waals surface area contributed by atoms with Gasteiger partial charge in [-0.3, -0.25) is 4.79 Å². The molecule has 1 amide bonds.